The fourth-order valence-corrected chi connectivity index (χ4v) is 5.50. The van der Waals surface area contributed by atoms with Gasteiger partial charge in [0.1, 0.15) is 18.0 Å². The van der Waals surface area contributed by atoms with E-state index in [9.17, 15) is 17.2 Å². The van der Waals surface area contributed by atoms with Crippen LogP contribution in [0.4, 0.5) is 14.5 Å². The fraction of sp³-hybridized carbons (Fsp3) is 0.174. The van der Waals surface area contributed by atoms with E-state index in [4.69, 9.17) is 11.6 Å². The van der Waals surface area contributed by atoms with Gasteiger partial charge in [-0.25, -0.2) is 21.9 Å². The standard InChI is InChI=1S/C23H20ClF2N5O2S/c1-16(21-5-3-2-4-17(21)12-13-30-15-27-28-29-30)31(23-14-19(25)8-11-22(23)26)34(32,33)20-9-6-18(24)7-10-20/h2-11,14-16H,12-13H2,1H3/t16-/m1/s1. The van der Waals surface area contributed by atoms with Crippen molar-refractivity contribution in [3.05, 3.63) is 101 Å². The molecular formula is C23H20ClF2N5O2S. The molecule has 0 saturated heterocycles. The molecule has 0 spiro atoms. The number of aromatic nitrogens is 4. The van der Waals surface area contributed by atoms with Crippen LogP contribution in [0.5, 0.6) is 0 Å². The van der Waals surface area contributed by atoms with Crippen molar-refractivity contribution >= 4 is 27.3 Å². The molecule has 4 aromatic rings. The van der Waals surface area contributed by atoms with Crippen LogP contribution >= 0.6 is 11.6 Å². The van der Waals surface area contributed by atoms with Gasteiger partial charge in [-0.05, 0) is 71.3 Å². The summed E-state index contributed by atoms with van der Waals surface area (Å²) in [4.78, 5) is -0.0985. The summed E-state index contributed by atoms with van der Waals surface area (Å²) in [7, 11) is -4.30. The van der Waals surface area contributed by atoms with Gasteiger partial charge in [-0.3, -0.25) is 4.31 Å². The van der Waals surface area contributed by atoms with Crippen molar-refractivity contribution in [1.29, 1.82) is 0 Å². The first-order valence-electron chi connectivity index (χ1n) is 10.3. The Bertz CT molecular complexity index is 1380. The van der Waals surface area contributed by atoms with Crippen molar-refractivity contribution in [3.8, 4) is 0 Å². The second-order valence-electron chi connectivity index (χ2n) is 7.55. The van der Waals surface area contributed by atoms with Crippen molar-refractivity contribution < 1.29 is 17.2 Å². The zero-order chi connectivity index (χ0) is 24.3. The number of hydrogen-bond donors (Lipinski definition) is 0. The third kappa shape index (κ3) is 4.92. The third-order valence-corrected chi connectivity index (χ3v) is 7.53. The summed E-state index contributed by atoms with van der Waals surface area (Å²) < 4.78 is 59.0. The van der Waals surface area contributed by atoms with Crippen LogP contribution in [0.3, 0.4) is 0 Å². The lowest BCUT2D eigenvalue weighted by Crippen LogP contribution is -2.35. The van der Waals surface area contributed by atoms with E-state index in [-0.39, 0.29) is 4.90 Å². The summed E-state index contributed by atoms with van der Waals surface area (Å²) in [5.41, 5.74) is 1.06. The van der Waals surface area contributed by atoms with Crippen LogP contribution in [0.2, 0.25) is 5.02 Å². The summed E-state index contributed by atoms with van der Waals surface area (Å²) in [6.45, 7) is 2.09. The van der Waals surface area contributed by atoms with E-state index in [1.54, 1.807) is 23.7 Å². The number of hydrogen-bond acceptors (Lipinski definition) is 5. The van der Waals surface area contributed by atoms with Crippen molar-refractivity contribution in [2.24, 2.45) is 0 Å². The molecule has 4 rings (SSSR count). The van der Waals surface area contributed by atoms with Gasteiger partial charge in [0.2, 0.25) is 0 Å². The van der Waals surface area contributed by atoms with Crippen LogP contribution < -0.4 is 4.31 Å². The van der Waals surface area contributed by atoms with E-state index < -0.39 is 33.4 Å². The SMILES string of the molecule is C[C@H](c1ccccc1CCn1cnnn1)N(c1cc(F)ccc1F)S(=O)(=O)c1ccc(Cl)cc1. The molecule has 0 amide bonds. The average molecular weight is 504 g/mol. The third-order valence-electron chi connectivity index (χ3n) is 5.37. The van der Waals surface area contributed by atoms with E-state index in [2.05, 4.69) is 15.5 Å². The first-order chi connectivity index (χ1) is 16.3. The topological polar surface area (TPSA) is 81.0 Å². The van der Waals surface area contributed by atoms with Gasteiger partial charge < -0.3 is 0 Å². The lowest BCUT2D eigenvalue weighted by Gasteiger charge is -2.32. The minimum absolute atomic E-state index is 0.0985. The van der Waals surface area contributed by atoms with Crippen molar-refractivity contribution in [2.45, 2.75) is 30.8 Å². The number of rotatable bonds is 8. The first kappa shape index (κ1) is 23.8. The smallest absolute Gasteiger partial charge is 0.256 e. The van der Waals surface area contributed by atoms with E-state index in [1.165, 1.54) is 30.6 Å². The molecule has 11 heteroatoms. The second kappa shape index (κ2) is 9.86. The van der Waals surface area contributed by atoms with Gasteiger partial charge in [-0.1, -0.05) is 35.9 Å². The van der Waals surface area contributed by atoms with E-state index in [0.29, 0.717) is 23.6 Å². The van der Waals surface area contributed by atoms with Gasteiger partial charge in [-0.2, -0.15) is 0 Å². The molecule has 0 fully saturated rings. The molecule has 0 radical (unpaired) electrons. The van der Waals surface area contributed by atoms with Crippen LogP contribution in [-0.2, 0) is 23.0 Å². The predicted molar refractivity (Wildman–Crippen MR) is 124 cm³/mol. The zero-order valence-electron chi connectivity index (χ0n) is 18.0. The molecule has 1 heterocycles. The summed E-state index contributed by atoms with van der Waals surface area (Å²) >= 11 is 5.93. The molecule has 0 aliphatic carbocycles. The number of aryl methyl sites for hydroxylation is 2. The Morgan fingerprint density at radius 3 is 2.50 bits per heavy atom. The van der Waals surface area contributed by atoms with E-state index >= 15 is 0 Å². The van der Waals surface area contributed by atoms with Gasteiger partial charge >= 0.3 is 0 Å². The number of halogens is 3. The number of benzene rings is 3. The molecule has 0 aliphatic rings. The van der Waals surface area contributed by atoms with Crippen LogP contribution in [-0.4, -0.2) is 28.6 Å². The quantitative estimate of drug-likeness (QED) is 0.345. The Labute approximate surface area is 200 Å². The highest BCUT2D eigenvalue weighted by molar-refractivity contribution is 7.92. The molecule has 176 valence electrons. The molecule has 34 heavy (non-hydrogen) atoms. The van der Waals surface area contributed by atoms with Crippen molar-refractivity contribution in [2.75, 3.05) is 4.31 Å². The van der Waals surface area contributed by atoms with Crippen molar-refractivity contribution in [1.82, 2.24) is 20.2 Å². The minimum Gasteiger partial charge on any atom is -0.256 e. The minimum atomic E-state index is -4.30. The summed E-state index contributed by atoms with van der Waals surface area (Å²) in [5, 5.41) is 11.4. The Hall–Kier alpha value is -3.37. The lowest BCUT2D eigenvalue weighted by molar-refractivity contribution is 0.566. The molecule has 3 aromatic carbocycles. The number of sulfonamides is 1. The highest BCUT2D eigenvalue weighted by atomic mass is 35.5. The Morgan fingerprint density at radius 1 is 1.06 bits per heavy atom. The molecular weight excluding hydrogens is 484 g/mol. The molecule has 7 nitrogen and oxygen atoms in total. The molecule has 0 saturated carbocycles. The predicted octanol–water partition coefficient (Wildman–Crippen LogP) is 4.80. The zero-order valence-corrected chi connectivity index (χ0v) is 19.6. The van der Waals surface area contributed by atoms with Gasteiger partial charge in [0.15, 0.2) is 0 Å². The maximum Gasteiger partial charge on any atom is 0.264 e. The van der Waals surface area contributed by atoms with Gasteiger partial charge in [-0.15, -0.1) is 5.10 Å². The molecule has 0 unspecified atom stereocenters. The van der Waals surface area contributed by atoms with Gasteiger partial charge in [0.05, 0.1) is 16.6 Å². The van der Waals surface area contributed by atoms with Crippen molar-refractivity contribution in [3.63, 3.8) is 0 Å². The van der Waals surface area contributed by atoms with E-state index in [1.807, 2.05) is 12.1 Å². The van der Waals surface area contributed by atoms with Crippen LogP contribution in [0.15, 0.2) is 78.0 Å². The number of tetrazole rings is 1. The highest BCUT2D eigenvalue weighted by Crippen LogP contribution is 2.36. The first-order valence-corrected chi connectivity index (χ1v) is 12.1. The maximum atomic E-state index is 14.9. The van der Waals surface area contributed by atoms with Crippen LogP contribution in [0.1, 0.15) is 24.1 Å². The fourth-order valence-electron chi connectivity index (χ4n) is 3.73. The second-order valence-corrected chi connectivity index (χ2v) is 9.80. The Morgan fingerprint density at radius 2 is 1.79 bits per heavy atom. The Balaban J connectivity index is 1.81. The van der Waals surface area contributed by atoms with Gasteiger partial charge in [0.25, 0.3) is 10.0 Å². The largest absolute Gasteiger partial charge is 0.264 e. The van der Waals surface area contributed by atoms with E-state index in [0.717, 1.165) is 28.1 Å². The normalized spacial score (nSPS) is 12.5. The Kier molecular flexibility index (Phi) is 6.90. The monoisotopic (exact) mass is 503 g/mol. The van der Waals surface area contributed by atoms with Gasteiger partial charge in [0, 0.05) is 17.6 Å². The molecule has 0 aliphatic heterocycles. The number of nitrogens with zero attached hydrogens (tertiary/aromatic N) is 5. The number of anilines is 1. The summed E-state index contributed by atoms with van der Waals surface area (Å²) in [6.07, 6.45) is 1.97. The molecule has 1 atom stereocenters. The average Bonchev–Trinajstić information content (AvgIpc) is 3.34. The molecule has 1 aromatic heterocycles. The van der Waals surface area contributed by atoms with Crippen LogP contribution in [0.25, 0.3) is 0 Å². The summed E-state index contributed by atoms with van der Waals surface area (Å²) in [5.74, 6) is -1.62. The molecule has 0 bridgehead atoms. The summed E-state index contributed by atoms with van der Waals surface area (Å²) in [6, 6.07) is 14.6. The lowest BCUT2D eigenvalue weighted by atomic mass is 9.98. The maximum absolute atomic E-state index is 14.9. The highest BCUT2D eigenvalue weighted by Gasteiger charge is 2.33. The van der Waals surface area contributed by atoms with Crippen LogP contribution in [0, 0.1) is 11.6 Å². The molecule has 0 N–H and O–H groups in total.